The van der Waals surface area contributed by atoms with Gasteiger partial charge in [-0.05, 0) is 6.07 Å². The molecule has 0 radical (unpaired) electrons. The maximum atomic E-state index is 13.2. The number of halogens is 3. The van der Waals surface area contributed by atoms with Gasteiger partial charge in [0.1, 0.15) is 0 Å². The summed E-state index contributed by atoms with van der Waals surface area (Å²) in [5.41, 5.74) is -2.88. The lowest BCUT2D eigenvalue weighted by Gasteiger charge is -2.07. The predicted molar refractivity (Wildman–Crippen MR) is 71.4 cm³/mol. The van der Waals surface area contributed by atoms with E-state index in [1.54, 1.807) is 0 Å². The molecule has 3 aromatic heterocycles. The lowest BCUT2D eigenvalue weighted by atomic mass is 10.2. The molecule has 0 atom stereocenters. The summed E-state index contributed by atoms with van der Waals surface area (Å²) in [5, 5.41) is 8.50. The highest BCUT2D eigenvalue weighted by molar-refractivity contribution is 5.93. The summed E-state index contributed by atoms with van der Waals surface area (Å²) in [6, 6.07) is 1.14. The fraction of sp³-hybridized carbons (Fsp3) is 0.0769. The number of aromatic amines is 1. The second-order valence-electron chi connectivity index (χ2n) is 4.54. The van der Waals surface area contributed by atoms with Crippen molar-refractivity contribution < 1.29 is 23.1 Å². The van der Waals surface area contributed by atoms with Crippen molar-refractivity contribution in [2.45, 2.75) is 6.18 Å². The fourth-order valence-electron chi connectivity index (χ4n) is 2.23. The van der Waals surface area contributed by atoms with Gasteiger partial charge in [-0.1, -0.05) is 0 Å². The van der Waals surface area contributed by atoms with Crippen molar-refractivity contribution in [3.8, 4) is 5.69 Å². The summed E-state index contributed by atoms with van der Waals surface area (Å²) in [5.74, 6) is -1.34. The second-order valence-corrected chi connectivity index (χ2v) is 4.54. The summed E-state index contributed by atoms with van der Waals surface area (Å²) in [7, 11) is 0. The molecule has 10 heteroatoms. The van der Waals surface area contributed by atoms with Gasteiger partial charge in [-0.3, -0.25) is 14.3 Å². The van der Waals surface area contributed by atoms with Crippen LogP contribution in [-0.4, -0.2) is 30.6 Å². The Balaban J connectivity index is 2.44. The topological polar surface area (TPSA) is 101 Å². The Morgan fingerprint density at radius 3 is 2.74 bits per heavy atom. The highest BCUT2D eigenvalue weighted by atomic mass is 19.4. The summed E-state index contributed by atoms with van der Waals surface area (Å²) < 4.78 is 40.4. The van der Waals surface area contributed by atoms with Gasteiger partial charge in [0.15, 0.2) is 5.65 Å². The Labute approximate surface area is 125 Å². The predicted octanol–water partition coefficient (Wildman–Crippen LogP) is 1.83. The number of nitrogens with one attached hydrogen (secondary N) is 1. The zero-order valence-corrected chi connectivity index (χ0v) is 11.1. The molecule has 0 aliphatic rings. The first-order valence-corrected chi connectivity index (χ1v) is 6.14. The van der Waals surface area contributed by atoms with E-state index in [-0.39, 0.29) is 16.9 Å². The summed E-state index contributed by atoms with van der Waals surface area (Å²) in [6.07, 6.45) is -0.935. The molecule has 0 unspecified atom stereocenters. The van der Waals surface area contributed by atoms with E-state index < -0.39 is 28.7 Å². The minimum absolute atomic E-state index is 0.126. The standard InChI is InChI=1S/C13H7F3N4O3/c14-13(15,16)7-4-20(10-9(7)11(21)19-5-18-10)8-3-17-2-1-6(8)12(22)23/h1-5H,(H,22,23)(H,18,19,21). The molecule has 0 aliphatic heterocycles. The SMILES string of the molecule is O=C(O)c1ccncc1-n1cc(C(F)(F)F)c2c(=O)[nH]cnc21. The third kappa shape index (κ3) is 2.33. The van der Waals surface area contributed by atoms with E-state index in [2.05, 4.69) is 15.0 Å². The number of aromatic carboxylic acids is 1. The first-order chi connectivity index (χ1) is 10.8. The largest absolute Gasteiger partial charge is 0.478 e. The average Bonchev–Trinajstić information content (AvgIpc) is 2.88. The summed E-state index contributed by atoms with van der Waals surface area (Å²) in [6.45, 7) is 0. The maximum Gasteiger partial charge on any atom is 0.418 e. The van der Waals surface area contributed by atoms with E-state index in [1.165, 1.54) is 6.20 Å². The van der Waals surface area contributed by atoms with Crippen molar-refractivity contribution in [1.29, 1.82) is 0 Å². The molecule has 118 valence electrons. The minimum Gasteiger partial charge on any atom is -0.478 e. The molecule has 0 aromatic carbocycles. The second kappa shape index (κ2) is 4.93. The third-order valence-corrected chi connectivity index (χ3v) is 3.18. The molecule has 0 spiro atoms. The van der Waals surface area contributed by atoms with Crippen LogP contribution in [0.4, 0.5) is 13.2 Å². The van der Waals surface area contributed by atoms with Gasteiger partial charge in [-0.25, -0.2) is 9.78 Å². The Bertz CT molecular complexity index is 974. The monoisotopic (exact) mass is 324 g/mol. The third-order valence-electron chi connectivity index (χ3n) is 3.18. The molecule has 3 aromatic rings. The molecule has 3 heterocycles. The van der Waals surface area contributed by atoms with Crippen LogP contribution >= 0.6 is 0 Å². The van der Waals surface area contributed by atoms with Gasteiger partial charge in [0.25, 0.3) is 5.56 Å². The zero-order chi connectivity index (χ0) is 16.8. The number of nitrogens with zero attached hydrogens (tertiary/aromatic N) is 3. The number of rotatable bonds is 2. The van der Waals surface area contributed by atoms with Crippen LogP contribution in [0.2, 0.25) is 0 Å². The smallest absolute Gasteiger partial charge is 0.418 e. The van der Waals surface area contributed by atoms with Crippen LogP contribution < -0.4 is 5.56 Å². The lowest BCUT2D eigenvalue weighted by molar-refractivity contribution is -0.136. The van der Waals surface area contributed by atoms with Crippen LogP contribution in [0.25, 0.3) is 16.7 Å². The van der Waals surface area contributed by atoms with Gasteiger partial charge in [0.2, 0.25) is 0 Å². The van der Waals surface area contributed by atoms with Gasteiger partial charge in [-0.15, -0.1) is 0 Å². The van der Waals surface area contributed by atoms with Gasteiger partial charge >= 0.3 is 12.1 Å². The molecule has 0 fully saturated rings. The average molecular weight is 324 g/mol. The van der Waals surface area contributed by atoms with Crippen molar-refractivity contribution in [3.63, 3.8) is 0 Å². The van der Waals surface area contributed by atoms with Crippen LogP contribution in [0.5, 0.6) is 0 Å². The number of hydrogen-bond donors (Lipinski definition) is 2. The first kappa shape index (κ1) is 14.8. The van der Waals surface area contributed by atoms with Crippen molar-refractivity contribution in [1.82, 2.24) is 19.5 Å². The van der Waals surface area contributed by atoms with Crippen LogP contribution in [-0.2, 0) is 6.18 Å². The minimum atomic E-state index is -4.80. The van der Waals surface area contributed by atoms with E-state index in [4.69, 9.17) is 5.11 Å². The summed E-state index contributed by atoms with van der Waals surface area (Å²) >= 11 is 0. The number of aromatic nitrogens is 4. The number of H-pyrrole nitrogens is 1. The van der Waals surface area contributed by atoms with E-state index in [1.807, 2.05) is 0 Å². The molecule has 0 saturated carbocycles. The Morgan fingerprint density at radius 2 is 2.09 bits per heavy atom. The van der Waals surface area contributed by atoms with Crippen molar-refractivity contribution in [3.05, 3.63) is 52.5 Å². The van der Waals surface area contributed by atoms with Crippen LogP contribution in [0.3, 0.4) is 0 Å². The van der Waals surface area contributed by atoms with Gasteiger partial charge in [-0.2, -0.15) is 13.2 Å². The van der Waals surface area contributed by atoms with Crippen LogP contribution in [0.1, 0.15) is 15.9 Å². The molecule has 3 rings (SSSR count). The molecule has 0 amide bonds. The summed E-state index contributed by atoms with van der Waals surface area (Å²) in [4.78, 5) is 32.6. The van der Waals surface area contributed by atoms with Crippen LogP contribution in [0.15, 0.2) is 35.8 Å². The van der Waals surface area contributed by atoms with Gasteiger partial charge in [0.05, 0.1) is 34.7 Å². The number of fused-ring (bicyclic) bond motifs is 1. The number of hydrogen-bond acceptors (Lipinski definition) is 4. The molecule has 0 bridgehead atoms. The maximum absolute atomic E-state index is 13.2. The lowest BCUT2D eigenvalue weighted by Crippen LogP contribution is -2.12. The number of carboxylic acids is 1. The molecular formula is C13H7F3N4O3. The highest BCUT2D eigenvalue weighted by Crippen LogP contribution is 2.35. The molecule has 0 saturated heterocycles. The number of pyridine rings is 1. The Kier molecular flexibility index (Phi) is 3.17. The van der Waals surface area contributed by atoms with Crippen molar-refractivity contribution in [2.24, 2.45) is 0 Å². The van der Waals surface area contributed by atoms with Gasteiger partial charge < -0.3 is 10.1 Å². The van der Waals surface area contributed by atoms with E-state index in [0.717, 1.165) is 23.2 Å². The molecule has 23 heavy (non-hydrogen) atoms. The van der Waals surface area contributed by atoms with E-state index in [0.29, 0.717) is 6.20 Å². The fourth-order valence-corrected chi connectivity index (χ4v) is 2.23. The quantitative estimate of drug-likeness (QED) is 0.749. The van der Waals surface area contributed by atoms with Gasteiger partial charge in [0, 0.05) is 12.4 Å². The number of alkyl halides is 3. The molecule has 0 aliphatic carbocycles. The Morgan fingerprint density at radius 1 is 1.35 bits per heavy atom. The van der Waals surface area contributed by atoms with Crippen molar-refractivity contribution >= 4 is 17.0 Å². The highest BCUT2D eigenvalue weighted by Gasteiger charge is 2.36. The zero-order valence-electron chi connectivity index (χ0n) is 11.1. The Hall–Kier alpha value is -3.17. The number of carbonyl (C=O) groups is 1. The molecular weight excluding hydrogens is 317 g/mol. The number of carboxylic acid groups (broad SMARTS) is 1. The molecule has 2 N–H and O–H groups in total. The first-order valence-electron chi connectivity index (χ1n) is 6.14. The normalized spacial score (nSPS) is 11.8. The molecule has 7 nitrogen and oxygen atoms in total. The van der Waals surface area contributed by atoms with E-state index in [9.17, 15) is 22.8 Å². The van der Waals surface area contributed by atoms with Crippen molar-refractivity contribution in [2.75, 3.05) is 0 Å². The van der Waals surface area contributed by atoms with E-state index >= 15 is 0 Å². The van der Waals surface area contributed by atoms with Crippen LogP contribution in [0, 0.1) is 0 Å².